The number of phosphoric ester groups is 1. The monoisotopic (exact) mass is 910 g/mol. The van der Waals surface area contributed by atoms with Gasteiger partial charge in [-0.05, 0) is 44.9 Å². The number of aliphatic hydroxyl groups is 1. The molecular weight excluding hydrogens is 814 g/mol. The van der Waals surface area contributed by atoms with E-state index < -0.39 is 38.6 Å². The molecule has 0 amide bonds. The Morgan fingerprint density at radius 1 is 0.587 bits per heavy atom. The lowest BCUT2D eigenvalue weighted by Gasteiger charge is -2.28. The summed E-state index contributed by atoms with van der Waals surface area (Å²) in [5.74, 6) is -1.03. The molecule has 3 atom stereocenters. The van der Waals surface area contributed by atoms with Gasteiger partial charge in [-0.25, -0.2) is 0 Å². The number of quaternary nitrogens is 1. The molecule has 0 aliphatic carbocycles. The van der Waals surface area contributed by atoms with Crippen LogP contribution in [0.3, 0.4) is 0 Å². The van der Waals surface area contributed by atoms with Crippen molar-refractivity contribution in [1.29, 1.82) is 0 Å². The van der Waals surface area contributed by atoms with E-state index in [1.165, 1.54) is 128 Å². The van der Waals surface area contributed by atoms with Gasteiger partial charge in [0, 0.05) is 12.8 Å². The van der Waals surface area contributed by atoms with Crippen LogP contribution in [-0.4, -0.2) is 81.2 Å². The molecule has 0 aromatic rings. The Bertz CT molecular complexity index is 1230. The number of carbonyl (C=O) groups excluding carboxylic acids is 2. The highest BCUT2D eigenvalue weighted by Crippen LogP contribution is 2.38. The minimum absolute atomic E-state index is 0.00247. The minimum Gasteiger partial charge on any atom is -0.756 e. The number of aliphatic hydroxyl groups excluding tert-OH is 1. The molecule has 63 heavy (non-hydrogen) atoms. The van der Waals surface area contributed by atoms with Crippen molar-refractivity contribution in [3.8, 4) is 0 Å². The molecule has 1 N–H and O–H groups in total. The molecule has 0 heterocycles. The van der Waals surface area contributed by atoms with Gasteiger partial charge in [0.1, 0.15) is 19.8 Å². The zero-order valence-corrected chi connectivity index (χ0v) is 42.0. The fraction of sp³-hybridized carbons (Fsp3) is 0.808. The summed E-state index contributed by atoms with van der Waals surface area (Å²) >= 11 is 0. The first-order valence-corrected chi connectivity index (χ1v) is 26.9. The molecule has 0 radical (unpaired) electrons. The normalized spacial score (nSPS) is 14.3. The summed E-state index contributed by atoms with van der Waals surface area (Å²) in [6, 6.07) is 0. The van der Waals surface area contributed by atoms with Crippen LogP contribution in [-0.2, 0) is 32.7 Å². The third-order valence-corrected chi connectivity index (χ3v) is 11.9. The van der Waals surface area contributed by atoms with Crippen molar-refractivity contribution in [2.75, 3.05) is 47.5 Å². The lowest BCUT2D eigenvalue weighted by molar-refractivity contribution is -0.870. The number of hydrogen-bond acceptors (Lipinski definition) is 9. The molecule has 0 bridgehead atoms. The number of likely N-dealkylation sites (N-methyl/N-ethyl adjacent to an activating group) is 1. The maximum Gasteiger partial charge on any atom is 0.306 e. The molecule has 11 heteroatoms. The lowest BCUT2D eigenvalue weighted by Crippen LogP contribution is -2.37. The molecule has 0 fully saturated rings. The number of carbonyl (C=O) groups is 2. The van der Waals surface area contributed by atoms with Gasteiger partial charge in [0.05, 0.1) is 33.9 Å². The Morgan fingerprint density at radius 2 is 1.06 bits per heavy atom. The summed E-state index contributed by atoms with van der Waals surface area (Å²) in [7, 11) is 1.05. The second kappa shape index (κ2) is 43.8. The zero-order chi connectivity index (χ0) is 46.5. The topological polar surface area (TPSA) is 131 Å². The highest BCUT2D eigenvalue weighted by atomic mass is 31.2. The molecule has 0 spiro atoms. The van der Waals surface area contributed by atoms with Crippen LogP contribution >= 0.6 is 7.82 Å². The van der Waals surface area contributed by atoms with Crippen LogP contribution in [0.4, 0.5) is 0 Å². The molecular formula is C52H96NO9P. The molecule has 0 aromatic heterocycles. The zero-order valence-electron chi connectivity index (χ0n) is 41.1. The van der Waals surface area contributed by atoms with E-state index in [2.05, 4.69) is 38.2 Å². The first-order chi connectivity index (χ1) is 30.4. The summed E-state index contributed by atoms with van der Waals surface area (Å²) in [6.45, 7) is 4.00. The quantitative estimate of drug-likeness (QED) is 0.0158. The SMILES string of the molecule is CCCCC/C=C\C/C=C\C/C=C\C=C\[C@H](O)CCCC(=O)O[C@H](COC(=O)CCCCCCCCCCCCCCCCCCCCCCC)COP(=O)([O-])OCC[N+](C)(C)C. The number of esters is 2. The predicted octanol–water partition coefficient (Wildman–Crippen LogP) is 13.4. The Kier molecular flexibility index (Phi) is 42.4. The van der Waals surface area contributed by atoms with Gasteiger partial charge in [-0.1, -0.05) is 204 Å². The molecule has 0 aliphatic heterocycles. The van der Waals surface area contributed by atoms with E-state index in [1.54, 1.807) is 12.2 Å². The van der Waals surface area contributed by atoms with E-state index in [0.29, 0.717) is 30.3 Å². The Labute approximate surface area is 386 Å². The summed E-state index contributed by atoms with van der Waals surface area (Å²) in [5, 5.41) is 10.3. The predicted molar refractivity (Wildman–Crippen MR) is 260 cm³/mol. The highest BCUT2D eigenvalue weighted by Gasteiger charge is 2.22. The Balaban J connectivity index is 4.39. The van der Waals surface area contributed by atoms with Crippen molar-refractivity contribution in [3.05, 3.63) is 48.6 Å². The number of hydrogen-bond donors (Lipinski definition) is 1. The number of ether oxygens (including phenoxy) is 2. The minimum atomic E-state index is -4.68. The molecule has 1 unspecified atom stereocenters. The van der Waals surface area contributed by atoms with Gasteiger partial charge in [-0.2, -0.15) is 0 Å². The van der Waals surface area contributed by atoms with E-state index in [-0.39, 0.29) is 26.1 Å². The van der Waals surface area contributed by atoms with Crippen LogP contribution in [0.1, 0.15) is 213 Å². The highest BCUT2D eigenvalue weighted by molar-refractivity contribution is 7.45. The fourth-order valence-corrected chi connectivity index (χ4v) is 7.66. The summed E-state index contributed by atoms with van der Waals surface area (Å²) in [5.41, 5.74) is 0. The first kappa shape index (κ1) is 60.9. The van der Waals surface area contributed by atoms with Crippen molar-refractivity contribution in [1.82, 2.24) is 0 Å². The molecule has 0 aliphatic rings. The van der Waals surface area contributed by atoms with Crippen LogP contribution < -0.4 is 4.89 Å². The van der Waals surface area contributed by atoms with E-state index >= 15 is 0 Å². The van der Waals surface area contributed by atoms with E-state index in [1.807, 2.05) is 33.3 Å². The molecule has 0 saturated heterocycles. The maximum absolute atomic E-state index is 12.7. The lowest BCUT2D eigenvalue weighted by atomic mass is 10.0. The molecule has 0 rings (SSSR count). The van der Waals surface area contributed by atoms with Crippen molar-refractivity contribution < 1.29 is 47.2 Å². The first-order valence-electron chi connectivity index (χ1n) is 25.5. The third-order valence-electron chi connectivity index (χ3n) is 11.0. The van der Waals surface area contributed by atoms with Crippen molar-refractivity contribution >= 4 is 19.8 Å². The van der Waals surface area contributed by atoms with Gasteiger partial charge in [0.2, 0.25) is 0 Å². The van der Waals surface area contributed by atoms with Gasteiger partial charge in [-0.15, -0.1) is 0 Å². The van der Waals surface area contributed by atoms with E-state index in [9.17, 15) is 24.2 Å². The van der Waals surface area contributed by atoms with Crippen molar-refractivity contribution in [2.24, 2.45) is 0 Å². The van der Waals surface area contributed by atoms with E-state index in [0.717, 1.165) is 38.5 Å². The summed E-state index contributed by atoms with van der Waals surface area (Å²) in [6.07, 6.45) is 48.9. The van der Waals surface area contributed by atoms with Crippen LogP contribution in [0, 0.1) is 0 Å². The smallest absolute Gasteiger partial charge is 0.306 e. The Morgan fingerprint density at radius 3 is 1.60 bits per heavy atom. The van der Waals surface area contributed by atoms with Crippen LogP contribution in [0.15, 0.2) is 48.6 Å². The molecule has 0 aromatic carbocycles. The number of nitrogens with zero attached hydrogens (tertiary/aromatic N) is 1. The third kappa shape index (κ3) is 47.7. The standard InChI is InChI=1S/C52H96NO9P/c1-6-8-10-12-14-16-18-20-21-22-23-24-25-26-27-29-31-33-35-37-39-43-51(55)59-47-50(48-61-63(57,58)60-46-45-53(3,4)5)62-52(56)44-40-42-49(54)41-38-36-34-32-30-28-19-17-15-13-11-9-7-2/h15,17,28,30,34,36,38,41,49-50,54H,6-14,16,18-27,29,31-33,35,37,39-40,42-48H2,1-5H3/b17-15-,30-28-,36-34-,41-38+/t49-,50+/m0/s1. The number of unbranched alkanes of at least 4 members (excludes halogenated alkanes) is 23. The fourth-order valence-electron chi connectivity index (χ4n) is 6.94. The van der Waals surface area contributed by atoms with Crippen LogP contribution in [0.25, 0.3) is 0 Å². The molecule has 0 saturated carbocycles. The summed E-state index contributed by atoms with van der Waals surface area (Å²) in [4.78, 5) is 37.7. The van der Waals surface area contributed by atoms with Gasteiger partial charge in [0.25, 0.3) is 7.82 Å². The number of allylic oxidation sites excluding steroid dienone is 7. The van der Waals surface area contributed by atoms with Gasteiger partial charge < -0.3 is 33.0 Å². The van der Waals surface area contributed by atoms with Gasteiger partial charge in [0.15, 0.2) is 6.10 Å². The van der Waals surface area contributed by atoms with Gasteiger partial charge in [-0.3, -0.25) is 14.2 Å². The second-order valence-corrected chi connectivity index (χ2v) is 19.8. The van der Waals surface area contributed by atoms with Crippen molar-refractivity contribution in [2.45, 2.75) is 225 Å². The largest absolute Gasteiger partial charge is 0.756 e. The van der Waals surface area contributed by atoms with Crippen molar-refractivity contribution in [3.63, 3.8) is 0 Å². The Hall–Kier alpha value is -2.07. The summed E-state index contributed by atoms with van der Waals surface area (Å²) < 4.78 is 33.8. The number of rotatable bonds is 46. The van der Waals surface area contributed by atoms with Crippen LogP contribution in [0.2, 0.25) is 0 Å². The van der Waals surface area contributed by atoms with E-state index in [4.69, 9.17) is 18.5 Å². The average molecular weight is 910 g/mol. The number of phosphoric acid groups is 1. The van der Waals surface area contributed by atoms with Crippen LogP contribution in [0.5, 0.6) is 0 Å². The average Bonchev–Trinajstić information content (AvgIpc) is 3.23. The second-order valence-electron chi connectivity index (χ2n) is 18.4. The van der Waals surface area contributed by atoms with Gasteiger partial charge >= 0.3 is 11.9 Å². The maximum atomic E-state index is 12.7. The molecule has 10 nitrogen and oxygen atoms in total. The molecule has 368 valence electrons.